The van der Waals surface area contributed by atoms with Crippen molar-refractivity contribution < 1.29 is 9.53 Å². The van der Waals surface area contributed by atoms with Crippen LogP contribution in [0.5, 0.6) is 0 Å². The highest BCUT2D eigenvalue weighted by Gasteiger charge is 2.26. The van der Waals surface area contributed by atoms with Crippen LogP contribution in [0.15, 0.2) is 18.5 Å². The van der Waals surface area contributed by atoms with Crippen molar-refractivity contribution in [1.82, 2.24) is 10.3 Å². The number of aromatic nitrogens is 1. The fourth-order valence-electron chi connectivity index (χ4n) is 0.956. The molecule has 0 aromatic carbocycles. The molecule has 0 atom stereocenters. The van der Waals surface area contributed by atoms with E-state index >= 15 is 0 Å². The third kappa shape index (κ3) is 2.60. The molecule has 0 aliphatic rings. The molecule has 0 unspecified atom stereocenters. The van der Waals surface area contributed by atoms with Crippen LogP contribution in [0.1, 0.15) is 19.4 Å². The lowest BCUT2D eigenvalue weighted by Crippen LogP contribution is -2.43. The molecule has 1 aromatic rings. The maximum absolute atomic E-state index is 11.5. The van der Waals surface area contributed by atoms with Crippen LogP contribution >= 0.6 is 0 Å². The first-order chi connectivity index (χ1) is 6.56. The number of nitrogens with one attached hydrogen (secondary N) is 2. The van der Waals surface area contributed by atoms with Crippen LogP contribution in [-0.2, 0) is 16.1 Å². The van der Waals surface area contributed by atoms with Gasteiger partial charge in [-0.15, -0.1) is 0 Å². The third-order valence-electron chi connectivity index (χ3n) is 2.17. The van der Waals surface area contributed by atoms with E-state index < -0.39 is 5.60 Å². The topological polar surface area (TPSA) is 54.1 Å². The molecule has 0 aliphatic heterocycles. The van der Waals surface area contributed by atoms with Gasteiger partial charge in [0.1, 0.15) is 5.60 Å². The van der Waals surface area contributed by atoms with Crippen LogP contribution in [0.4, 0.5) is 0 Å². The predicted octanol–water partition coefficient (Wildman–Crippen LogP) is 1.06. The molecule has 1 heterocycles. The van der Waals surface area contributed by atoms with Gasteiger partial charge in [-0.25, -0.2) is 0 Å². The standard InChI is InChI=1S/C10H16N2O2/c1-10(2,14-3)9(13)12-7-8-4-5-11-6-8/h4-6,11H,7H2,1-3H3,(H,12,13). The number of amides is 1. The molecule has 4 heteroatoms. The molecule has 78 valence electrons. The van der Waals surface area contributed by atoms with Gasteiger partial charge in [-0.1, -0.05) is 0 Å². The number of aromatic amines is 1. The van der Waals surface area contributed by atoms with Crippen LogP contribution in [0, 0.1) is 0 Å². The highest BCUT2D eigenvalue weighted by atomic mass is 16.5. The lowest BCUT2D eigenvalue weighted by Gasteiger charge is -2.21. The minimum atomic E-state index is -0.768. The summed E-state index contributed by atoms with van der Waals surface area (Å²) in [5.41, 5.74) is 0.279. The van der Waals surface area contributed by atoms with E-state index in [1.807, 2.05) is 18.5 Å². The van der Waals surface area contributed by atoms with Gasteiger partial charge in [-0.2, -0.15) is 0 Å². The normalized spacial score (nSPS) is 11.4. The SMILES string of the molecule is COC(C)(C)C(=O)NCc1cc[nH]c1. The van der Waals surface area contributed by atoms with E-state index in [1.54, 1.807) is 13.8 Å². The molecule has 0 bridgehead atoms. The molecule has 0 radical (unpaired) electrons. The van der Waals surface area contributed by atoms with Gasteiger partial charge >= 0.3 is 0 Å². The molecule has 2 N–H and O–H groups in total. The van der Waals surface area contributed by atoms with E-state index in [4.69, 9.17) is 4.74 Å². The average Bonchev–Trinajstić information content (AvgIpc) is 2.66. The van der Waals surface area contributed by atoms with Crippen LogP contribution in [-0.4, -0.2) is 23.6 Å². The molecule has 4 nitrogen and oxygen atoms in total. The molecular weight excluding hydrogens is 180 g/mol. The van der Waals surface area contributed by atoms with E-state index in [-0.39, 0.29) is 5.91 Å². The number of ether oxygens (including phenoxy) is 1. The van der Waals surface area contributed by atoms with E-state index in [0.29, 0.717) is 6.54 Å². The number of hydrogen-bond acceptors (Lipinski definition) is 2. The van der Waals surface area contributed by atoms with Crippen molar-refractivity contribution in [1.29, 1.82) is 0 Å². The summed E-state index contributed by atoms with van der Waals surface area (Å²) in [4.78, 5) is 14.5. The van der Waals surface area contributed by atoms with Crippen LogP contribution in [0.3, 0.4) is 0 Å². The lowest BCUT2D eigenvalue weighted by atomic mass is 10.1. The van der Waals surface area contributed by atoms with E-state index in [2.05, 4.69) is 10.3 Å². The minimum Gasteiger partial charge on any atom is -0.369 e. The van der Waals surface area contributed by atoms with E-state index in [0.717, 1.165) is 5.56 Å². The average molecular weight is 196 g/mol. The molecule has 0 saturated heterocycles. The fraction of sp³-hybridized carbons (Fsp3) is 0.500. The summed E-state index contributed by atoms with van der Waals surface area (Å²) >= 11 is 0. The maximum Gasteiger partial charge on any atom is 0.251 e. The van der Waals surface area contributed by atoms with Gasteiger partial charge < -0.3 is 15.0 Å². The zero-order valence-corrected chi connectivity index (χ0v) is 8.76. The Balaban J connectivity index is 2.43. The quantitative estimate of drug-likeness (QED) is 0.756. The second-order valence-electron chi connectivity index (χ2n) is 3.62. The van der Waals surface area contributed by atoms with Gasteiger partial charge in [-0.05, 0) is 25.5 Å². The van der Waals surface area contributed by atoms with Crippen molar-refractivity contribution in [3.8, 4) is 0 Å². The van der Waals surface area contributed by atoms with Crippen molar-refractivity contribution in [3.05, 3.63) is 24.0 Å². The number of hydrogen-bond donors (Lipinski definition) is 2. The summed E-state index contributed by atoms with van der Waals surface area (Å²) in [5, 5.41) is 2.79. The highest BCUT2D eigenvalue weighted by Crippen LogP contribution is 2.07. The number of carbonyl (C=O) groups excluding carboxylic acids is 1. The number of rotatable bonds is 4. The Morgan fingerprint density at radius 2 is 2.36 bits per heavy atom. The van der Waals surface area contributed by atoms with Crippen molar-refractivity contribution in [2.75, 3.05) is 7.11 Å². The number of methoxy groups -OCH3 is 1. The summed E-state index contributed by atoms with van der Waals surface area (Å²) < 4.78 is 5.05. The zero-order valence-electron chi connectivity index (χ0n) is 8.76. The fourth-order valence-corrected chi connectivity index (χ4v) is 0.956. The van der Waals surface area contributed by atoms with Crippen molar-refractivity contribution in [2.24, 2.45) is 0 Å². The number of carbonyl (C=O) groups is 1. The highest BCUT2D eigenvalue weighted by molar-refractivity contribution is 5.84. The Kier molecular flexibility index (Phi) is 3.30. The summed E-state index contributed by atoms with van der Waals surface area (Å²) in [6.07, 6.45) is 3.67. The lowest BCUT2D eigenvalue weighted by molar-refractivity contribution is -0.139. The van der Waals surface area contributed by atoms with Crippen LogP contribution < -0.4 is 5.32 Å². The summed E-state index contributed by atoms with van der Waals surface area (Å²) in [5.74, 6) is -0.110. The van der Waals surface area contributed by atoms with Gasteiger partial charge in [0.05, 0.1) is 0 Å². The van der Waals surface area contributed by atoms with Gasteiger partial charge in [0.2, 0.25) is 0 Å². The molecule has 1 amide bonds. The molecule has 0 aliphatic carbocycles. The number of H-pyrrole nitrogens is 1. The van der Waals surface area contributed by atoms with Crippen molar-refractivity contribution in [2.45, 2.75) is 26.0 Å². The minimum absolute atomic E-state index is 0.110. The Morgan fingerprint density at radius 3 is 2.86 bits per heavy atom. The molecule has 1 aromatic heterocycles. The van der Waals surface area contributed by atoms with Crippen molar-refractivity contribution >= 4 is 5.91 Å². The summed E-state index contributed by atoms with van der Waals surface area (Å²) in [6.45, 7) is 3.99. The first-order valence-corrected chi connectivity index (χ1v) is 4.51. The first kappa shape index (κ1) is 10.8. The molecular formula is C10H16N2O2. The van der Waals surface area contributed by atoms with Crippen molar-refractivity contribution in [3.63, 3.8) is 0 Å². The zero-order chi connectivity index (χ0) is 10.6. The summed E-state index contributed by atoms with van der Waals surface area (Å²) in [7, 11) is 1.52. The summed E-state index contributed by atoms with van der Waals surface area (Å²) in [6, 6.07) is 1.92. The van der Waals surface area contributed by atoms with Gasteiger partial charge in [0, 0.05) is 26.0 Å². The Hall–Kier alpha value is -1.29. The maximum atomic E-state index is 11.5. The third-order valence-corrected chi connectivity index (χ3v) is 2.17. The van der Waals surface area contributed by atoms with Crippen LogP contribution in [0.25, 0.3) is 0 Å². The Labute approximate surface area is 83.7 Å². The smallest absolute Gasteiger partial charge is 0.251 e. The van der Waals surface area contributed by atoms with E-state index in [9.17, 15) is 4.79 Å². The molecule has 1 rings (SSSR count). The van der Waals surface area contributed by atoms with Gasteiger partial charge in [0.25, 0.3) is 5.91 Å². The Bertz CT molecular complexity index is 291. The van der Waals surface area contributed by atoms with Crippen LogP contribution in [0.2, 0.25) is 0 Å². The molecule has 0 spiro atoms. The second kappa shape index (κ2) is 4.28. The monoisotopic (exact) mass is 196 g/mol. The predicted molar refractivity (Wildman–Crippen MR) is 53.7 cm³/mol. The molecule has 0 saturated carbocycles. The molecule has 0 fully saturated rings. The Morgan fingerprint density at radius 1 is 1.64 bits per heavy atom. The second-order valence-corrected chi connectivity index (χ2v) is 3.62. The molecule has 14 heavy (non-hydrogen) atoms. The van der Waals surface area contributed by atoms with Gasteiger partial charge in [-0.3, -0.25) is 4.79 Å². The van der Waals surface area contributed by atoms with E-state index in [1.165, 1.54) is 7.11 Å². The van der Waals surface area contributed by atoms with Gasteiger partial charge in [0.15, 0.2) is 0 Å². The largest absolute Gasteiger partial charge is 0.369 e. The first-order valence-electron chi connectivity index (χ1n) is 4.51.